The van der Waals surface area contributed by atoms with Gasteiger partial charge in [-0.15, -0.1) is 0 Å². The maximum absolute atomic E-state index is 13.6. The van der Waals surface area contributed by atoms with Crippen LogP contribution in [0.2, 0.25) is 0 Å². The summed E-state index contributed by atoms with van der Waals surface area (Å²) in [5, 5.41) is 3.32. The number of methoxy groups -OCH3 is 1. The van der Waals surface area contributed by atoms with Crippen LogP contribution in [0.15, 0.2) is 18.2 Å². The number of sulfonamides is 1. The summed E-state index contributed by atoms with van der Waals surface area (Å²) in [7, 11) is -1.77. The van der Waals surface area contributed by atoms with Crippen LogP contribution in [0.5, 0.6) is 0 Å². The Kier molecular flexibility index (Phi) is 5.05. The van der Waals surface area contributed by atoms with Gasteiger partial charge >= 0.3 is 0 Å². The van der Waals surface area contributed by atoms with Crippen molar-refractivity contribution in [3.8, 4) is 0 Å². The molecule has 1 fully saturated rings. The van der Waals surface area contributed by atoms with Gasteiger partial charge in [0.05, 0.1) is 18.0 Å². The fraction of sp³-hybridized carbons (Fsp3) is 0.571. The molecule has 0 spiro atoms. The molecule has 0 heterocycles. The van der Waals surface area contributed by atoms with Crippen LogP contribution in [-0.2, 0) is 14.8 Å². The van der Waals surface area contributed by atoms with E-state index in [0.29, 0.717) is 17.8 Å². The first-order valence-electron chi connectivity index (χ1n) is 6.94. The maximum Gasteiger partial charge on any atom is 0.229 e. The zero-order chi connectivity index (χ0) is 15.5. The van der Waals surface area contributed by atoms with E-state index < -0.39 is 15.8 Å². The molecule has 0 aromatic heterocycles. The van der Waals surface area contributed by atoms with Crippen molar-refractivity contribution in [3.63, 3.8) is 0 Å². The van der Waals surface area contributed by atoms with E-state index in [0.717, 1.165) is 31.9 Å². The van der Waals surface area contributed by atoms with Crippen molar-refractivity contribution in [2.75, 3.05) is 23.4 Å². The summed E-state index contributed by atoms with van der Waals surface area (Å²) in [5.41, 5.74) is 0.677. The lowest BCUT2D eigenvalue weighted by Crippen LogP contribution is -2.29. The predicted octanol–water partition coefficient (Wildman–Crippen LogP) is 2.57. The van der Waals surface area contributed by atoms with Crippen LogP contribution in [0.4, 0.5) is 15.8 Å². The molecule has 7 heteroatoms. The molecule has 0 atom stereocenters. The lowest BCUT2D eigenvalue weighted by atomic mass is 9.93. The third kappa shape index (κ3) is 4.86. The van der Waals surface area contributed by atoms with Crippen molar-refractivity contribution in [1.82, 2.24) is 0 Å². The molecular weight excluding hydrogens is 295 g/mol. The van der Waals surface area contributed by atoms with Gasteiger partial charge in [0, 0.05) is 18.8 Å². The van der Waals surface area contributed by atoms with Crippen molar-refractivity contribution >= 4 is 21.4 Å². The molecule has 0 radical (unpaired) electrons. The van der Waals surface area contributed by atoms with Gasteiger partial charge in [0.1, 0.15) is 5.82 Å². The molecule has 118 valence electrons. The minimum absolute atomic E-state index is 0.0342. The minimum Gasteiger partial charge on any atom is -0.382 e. The Morgan fingerprint density at radius 2 is 1.90 bits per heavy atom. The lowest BCUT2D eigenvalue weighted by molar-refractivity contribution is 0.0682. The number of ether oxygens (including phenoxy) is 1. The average molecular weight is 316 g/mol. The van der Waals surface area contributed by atoms with Gasteiger partial charge in [-0.2, -0.15) is 0 Å². The fourth-order valence-electron chi connectivity index (χ4n) is 2.57. The summed E-state index contributed by atoms with van der Waals surface area (Å²) >= 11 is 0. The van der Waals surface area contributed by atoms with E-state index >= 15 is 0 Å². The fourth-order valence-corrected chi connectivity index (χ4v) is 3.13. The summed E-state index contributed by atoms with van der Waals surface area (Å²) < 4.78 is 43.5. The smallest absolute Gasteiger partial charge is 0.229 e. The Morgan fingerprint density at radius 3 is 2.48 bits per heavy atom. The summed E-state index contributed by atoms with van der Waals surface area (Å²) in [5.74, 6) is -0.589. The largest absolute Gasteiger partial charge is 0.382 e. The molecule has 2 N–H and O–H groups in total. The van der Waals surface area contributed by atoms with Gasteiger partial charge < -0.3 is 10.1 Å². The van der Waals surface area contributed by atoms with Gasteiger partial charge in [-0.3, -0.25) is 4.72 Å². The van der Waals surface area contributed by atoms with Gasteiger partial charge in [0.2, 0.25) is 10.0 Å². The Morgan fingerprint density at radius 1 is 1.24 bits per heavy atom. The Bertz CT molecular complexity index is 584. The van der Waals surface area contributed by atoms with Crippen LogP contribution >= 0.6 is 0 Å². The highest BCUT2D eigenvalue weighted by Crippen LogP contribution is 2.26. The van der Waals surface area contributed by atoms with E-state index in [1.165, 1.54) is 12.1 Å². The first-order chi connectivity index (χ1) is 9.87. The molecular formula is C14H21FN2O3S. The SMILES string of the molecule is COC1CCC(Nc2ccc(F)c(NS(C)(=O)=O)c2)CC1. The van der Waals surface area contributed by atoms with Crippen LogP contribution in [0.1, 0.15) is 25.7 Å². The molecule has 1 saturated carbocycles. The molecule has 1 aliphatic carbocycles. The van der Waals surface area contributed by atoms with Crippen LogP contribution < -0.4 is 10.0 Å². The van der Waals surface area contributed by atoms with Crippen LogP contribution in [0, 0.1) is 5.82 Å². The number of hydrogen-bond acceptors (Lipinski definition) is 4. The number of halogens is 1. The summed E-state index contributed by atoms with van der Waals surface area (Å²) in [4.78, 5) is 0. The average Bonchev–Trinajstić information content (AvgIpc) is 2.42. The summed E-state index contributed by atoms with van der Waals surface area (Å²) in [6, 6.07) is 4.66. The van der Waals surface area contributed by atoms with Gasteiger partial charge in [0.15, 0.2) is 0 Å². The van der Waals surface area contributed by atoms with Gasteiger partial charge in [-0.05, 0) is 43.9 Å². The number of benzene rings is 1. The third-order valence-corrected chi connectivity index (χ3v) is 4.23. The van der Waals surface area contributed by atoms with Gasteiger partial charge in [-0.1, -0.05) is 0 Å². The zero-order valence-electron chi connectivity index (χ0n) is 12.2. The quantitative estimate of drug-likeness (QED) is 0.876. The number of nitrogens with one attached hydrogen (secondary N) is 2. The Balaban J connectivity index is 2.03. The molecule has 1 aliphatic rings. The first kappa shape index (κ1) is 16.0. The lowest BCUT2D eigenvalue weighted by Gasteiger charge is -2.29. The van der Waals surface area contributed by atoms with Gasteiger partial charge in [0.25, 0.3) is 0 Å². The highest BCUT2D eigenvalue weighted by Gasteiger charge is 2.20. The van der Waals surface area contributed by atoms with Gasteiger partial charge in [-0.25, -0.2) is 12.8 Å². The molecule has 1 aromatic rings. The first-order valence-corrected chi connectivity index (χ1v) is 8.83. The predicted molar refractivity (Wildman–Crippen MR) is 81.5 cm³/mol. The summed E-state index contributed by atoms with van der Waals surface area (Å²) in [6.07, 6.45) is 5.25. The van der Waals surface area contributed by atoms with Crippen molar-refractivity contribution in [1.29, 1.82) is 0 Å². The van der Waals surface area contributed by atoms with Crippen molar-refractivity contribution < 1.29 is 17.5 Å². The van der Waals surface area contributed by atoms with Crippen molar-refractivity contribution in [2.24, 2.45) is 0 Å². The standard InChI is InChI=1S/C14H21FN2O3S/c1-20-12-6-3-10(4-7-12)16-11-5-8-13(15)14(9-11)17-21(2,18)19/h5,8-10,12,16-17H,3-4,6-7H2,1-2H3. The summed E-state index contributed by atoms with van der Waals surface area (Å²) in [6.45, 7) is 0. The number of rotatable bonds is 5. The molecule has 5 nitrogen and oxygen atoms in total. The van der Waals surface area contributed by atoms with E-state index in [4.69, 9.17) is 4.74 Å². The van der Waals surface area contributed by atoms with E-state index in [2.05, 4.69) is 10.0 Å². The molecule has 0 bridgehead atoms. The maximum atomic E-state index is 13.6. The van der Waals surface area contributed by atoms with Crippen LogP contribution in [-0.4, -0.2) is 33.9 Å². The molecule has 1 aromatic carbocycles. The topological polar surface area (TPSA) is 67.4 Å². The normalized spacial score (nSPS) is 22.8. The molecule has 0 saturated heterocycles. The monoisotopic (exact) mass is 316 g/mol. The number of anilines is 2. The van der Waals surface area contributed by atoms with E-state index in [-0.39, 0.29) is 5.69 Å². The van der Waals surface area contributed by atoms with Crippen molar-refractivity contribution in [3.05, 3.63) is 24.0 Å². The Labute approximate surface area is 124 Å². The van der Waals surface area contributed by atoms with E-state index in [9.17, 15) is 12.8 Å². The third-order valence-electron chi connectivity index (χ3n) is 3.64. The molecule has 21 heavy (non-hydrogen) atoms. The molecule has 2 rings (SSSR count). The highest BCUT2D eigenvalue weighted by molar-refractivity contribution is 7.92. The molecule has 0 unspecified atom stereocenters. The molecule has 0 aliphatic heterocycles. The minimum atomic E-state index is -3.49. The Hall–Kier alpha value is -1.34. The second-order valence-corrected chi connectivity index (χ2v) is 7.17. The second kappa shape index (κ2) is 6.62. The zero-order valence-corrected chi connectivity index (χ0v) is 13.0. The molecule has 0 amide bonds. The highest BCUT2D eigenvalue weighted by atomic mass is 32.2. The van der Waals surface area contributed by atoms with E-state index in [1.54, 1.807) is 13.2 Å². The van der Waals surface area contributed by atoms with Crippen LogP contribution in [0.3, 0.4) is 0 Å². The van der Waals surface area contributed by atoms with Crippen LogP contribution in [0.25, 0.3) is 0 Å². The second-order valence-electron chi connectivity index (χ2n) is 5.42. The van der Waals surface area contributed by atoms with E-state index in [1.807, 2.05) is 0 Å². The number of hydrogen-bond donors (Lipinski definition) is 2. The van der Waals surface area contributed by atoms with Crippen molar-refractivity contribution in [2.45, 2.75) is 37.8 Å².